The zero-order valence-corrected chi connectivity index (χ0v) is 18.2. The fourth-order valence-corrected chi connectivity index (χ4v) is 5.23. The second-order valence-electron chi connectivity index (χ2n) is 7.55. The number of benzene rings is 1. The van der Waals surface area contributed by atoms with Crippen molar-refractivity contribution in [3.63, 3.8) is 0 Å². The van der Waals surface area contributed by atoms with E-state index < -0.39 is 10.0 Å². The molecule has 1 saturated heterocycles. The van der Waals surface area contributed by atoms with E-state index in [0.717, 1.165) is 36.2 Å². The Labute approximate surface area is 182 Å². The van der Waals surface area contributed by atoms with Gasteiger partial charge in [0.2, 0.25) is 10.0 Å². The highest BCUT2D eigenvalue weighted by Gasteiger charge is 2.25. The number of sulfonamides is 1. The van der Waals surface area contributed by atoms with Gasteiger partial charge >= 0.3 is 0 Å². The largest absolute Gasteiger partial charge is 0.346 e. The number of rotatable bonds is 6. The number of nitrogens with one attached hydrogen (secondary N) is 1. The molecule has 1 fully saturated rings. The first kappa shape index (κ1) is 21.2. The lowest BCUT2D eigenvalue weighted by atomic mass is 10.2. The van der Waals surface area contributed by atoms with Crippen molar-refractivity contribution in [2.75, 3.05) is 13.1 Å². The van der Waals surface area contributed by atoms with Crippen molar-refractivity contribution < 1.29 is 13.2 Å². The third-order valence-electron chi connectivity index (χ3n) is 5.41. The Bertz CT molecular complexity index is 1150. The molecule has 0 bridgehead atoms. The van der Waals surface area contributed by atoms with Gasteiger partial charge in [0.1, 0.15) is 0 Å². The molecule has 0 spiro atoms. The number of nitrogens with zero attached hydrogens (tertiary/aromatic N) is 4. The van der Waals surface area contributed by atoms with Gasteiger partial charge in [-0.1, -0.05) is 6.42 Å². The van der Waals surface area contributed by atoms with E-state index in [1.54, 1.807) is 29.2 Å². The molecule has 0 radical (unpaired) electrons. The Kier molecular flexibility index (Phi) is 6.15. The summed E-state index contributed by atoms with van der Waals surface area (Å²) >= 11 is 0. The van der Waals surface area contributed by atoms with Gasteiger partial charge in [0.05, 0.1) is 22.8 Å². The predicted octanol–water partition coefficient (Wildman–Crippen LogP) is 2.59. The maximum atomic E-state index is 12.7. The summed E-state index contributed by atoms with van der Waals surface area (Å²) in [5, 5.41) is 7.29. The highest BCUT2D eigenvalue weighted by Crippen LogP contribution is 2.21. The summed E-state index contributed by atoms with van der Waals surface area (Å²) < 4.78 is 28.8. The van der Waals surface area contributed by atoms with E-state index in [9.17, 15) is 13.2 Å². The molecule has 0 saturated carbocycles. The van der Waals surface area contributed by atoms with E-state index in [-0.39, 0.29) is 17.3 Å². The predicted molar refractivity (Wildman–Crippen MR) is 117 cm³/mol. The highest BCUT2D eigenvalue weighted by atomic mass is 32.2. The zero-order valence-electron chi connectivity index (χ0n) is 17.4. The van der Waals surface area contributed by atoms with Crippen LogP contribution in [0.5, 0.6) is 0 Å². The van der Waals surface area contributed by atoms with Crippen molar-refractivity contribution in [3.05, 3.63) is 66.1 Å². The fraction of sp³-hybridized carbons (Fsp3) is 0.318. The quantitative estimate of drug-likeness (QED) is 0.637. The maximum absolute atomic E-state index is 12.7. The maximum Gasteiger partial charge on any atom is 0.251 e. The molecule has 162 valence electrons. The van der Waals surface area contributed by atoms with Crippen LogP contribution in [0.4, 0.5) is 0 Å². The van der Waals surface area contributed by atoms with Gasteiger partial charge in [0.15, 0.2) is 0 Å². The molecule has 1 aromatic carbocycles. The van der Waals surface area contributed by atoms with Crippen molar-refractivity contribution in [1.82, 2.24) is 24.4 Å². The number of aromatic nitrogens is 3. The molecule has 0 aliphatic carbocycles. The lowest BCUT2D eigenvalue weighted by Gasteiger charge is -2.25. The van der Waals surface area contributed by atoms with E-state index in [2.05, 4.69) is 15.4 Å². The summed E-state index contributed by atoms with van der Waals surface area (Å²) in [5.41, 5.74) is 3.06. The van der Waals surface area contributed by atoms with Gasteiger partial charge in [-0.15, -0.1) is 0 Å². The Morgan fingerprint density at radius 3 is 2.39 bits per heavy atom. The van der Waals surface area contributed by atoms with E-state index >= 15 is 0 Å². The summed E-state index contributed by atoms with van der Waals surface area (Å²) in [6.45, 7) is 1.37. The summed E-state index contributed by atoms with van der Waals surface area (Å²) in [5.74, 6) is -0.280. The lowest BCUT2D eigenvalue weighted by molar-refractivity contribution is 0.0950. The van der Waals surface area contributed by atoms with Gasteiger partial charge < -0.3 is 5.32 Å². The van der Waals surface area contributed by atoms with Gasteiger partial charge in [-0.25, -0.2) is 8.42 Å². The molecule has 2 aromatic heterocycles. The number of amides is 1. The SMILES string of the molecule is Cn1nc(CNC(=O)c2ccc(S(=O)(=O)N3CCCCC3)cc2)cc1-c1ccncc1. The second-order valence-corrected chi connectivity index (χ2v) is 9.49. The van der Waals surface area contributed by atoms with Crippen LogP contribution in [0, 0.1) is 0 Å². The van der Waals surface area contributed by atoms with Gasteiger partial charge in [0, 0.05) is 43.7 Å². The van der Waals surface area contributed by atoms with Crippen LogP contribution in [0.2, 0.25) is 0 Å². The first-order valence-corrected chi connectivity index (χ1v) is 11.7. The smallest absolute Gasteiger partial charge is 0.251 e. The minimum Gasteiger partial charge on any atom is -0.346 e. The molecule has 4 rings (SSSR count). The number of piperidine rings is 1. The summed E-state index contributed by atoms with van der Waals surface area (Å²) in [6.07, 6.45) is 6.27. The minimum absolute atomic E-state index is 0.220. The topological polar surface area (TPSA) is 97.2 Å². The molecule has 0 unspecified atom stereocenters. The minimum atomic E-state index is -3.50. The summed E-state index contributed by atoms with van der Waals surface area (Å²) in [4.78, 5) is 16.8. The van der Waals surface area contributed by atoms with Crippen LogP contribution in [0.15, 0.2) is 59.8 Å². The van der Waals surface area contributed by atoms with Crippen molar-refractivity contribution >= 4 is 15.9 Å². The van der Waals surface area contributed by atoms with Crippen LogP contribution in [0.1, 0.15) is 35.3 Å². The molecule has 1 amide bonds. The zero-order chi connectivity index (χ0) is 21.8. The Morgan fingerprint density at radius 2 is 1.71 bits per heavy atom. The number of pyridine rings is 1. The Morgan fingerprint density at radius 1 is 1.03 bits per heavy atom. The van der Waals surface area contributed by atoms with E-state index in [1.807, 2.05) is 25.2 Å². The van der Waals surface area contributed by atoms with E-state index in [0.29, 0.717) is 18.7 Å². The molecule has 9 heteroatoms. The van der Waals surface area contributed by atoms with Crippen LogP contribution in [-0.4, -0.2) is 46.5 Å². The van der Waals surface area contributed by atoms with Crippen molar-refractivity contribution in [1.29, 1.82) is 0 Å². The van der Waals surface area contributed by atoms with Gasteiger partial charge in [-0.2, -0.15) is 9.40 Å². The molecule has 1 N–H and O–H groups in total. The molecule has 8 nitrogen and oxygen atoms in total. The molecule has 0 atom stereocenters. The molecular formula is C22H25N5O3S. The number of carbonyl (C=O) groups excluding carboxylic acids is 1. The average molecular weight is 440 g/mol. The fourth-order valence-electron chi connectivity index (χ4n) is 3.71. The molecule has 3 heterocycles. The van der Waals surface area contributed by atoms with Crippen molar-refractivity contribution in [2.45, 2.75) is 30.7 Å². The number of aryl methyl sites for hydroxylation is 1. The van der Waals surface area contributed by atoms with Crippen LogP contribution < -0.4 is 5.32 Å². The van der Waals surface area contributed by atoms with Gasteiger partial charge in [-0.05, 0) is 55.3 Å². The van der Waals surface area contributed by atoms with E-state index in [4.69, 9.17) is 0 Å². The van der Waals surface area contributed by atoms with Crippen molar-refractivity contribution in [3.8, 4) is 11.3 Å². The van der Waals surface area contributed by atoms with Crippen LogP contribution in [-0.2, 0) is 23.6 Å². The summed E-state index contributed by atoms with van der Waals surface area (Å²) in [6, 6.07) is 11.8. The first-order valence-electron chi connectivity index (χ1n) is 10.3. The van der Waals surface area contributed by atoms with Crippen molar-refractivity contribution in [2.24, 2.45) is 7.05 Å². The molecule has 31 heavy (non-hydrogen) atoms. The molecule has 1 aliphatic heterocycles. The first-order chi connectivity index (χ1) is 14.9. The normalized spacial score (nSPS) is 15.0. The van der Waals surface area contributed by atoms with Crippen LogP contribution in [0.3, 0.4) is 0 Å². The standard InChI is InChI=1S/C22H25N5O3S/c1-26-21(17-9-11-23-12-10-17)15-19(25-26)16-24-22(28)18-5-7-20(8-6-18)31(29,30)27-13-3-2-4-14-27/h5-12,15H,2-4,13-14,16H2,1H3,(H,24,28). The number of hydrogen-bond acceptors (Lipinski definition) is 5. The Hall–Kier alpha value is -3.04. The number of carbonyl (C=O) groups is 1. The molecule has 3 aromatic rings. The summed E-state index contributed by atoms with van der Waals surface area (Å²) in [7, 11) is -1.65. The molecule has 1 aliphatic rings. The second kappa shape index (κ2) is 8.99. The number of hydrogen-bond donors (Lipinski definition) is 1. The molecular weight excluding hydrogens is 414 g/mol. The third-order valence-corrected chi connectivity index (χ3v) is 7.32. The monoisotopic (exact) mass is 439 g/mol. The van der Waals surface area contributed by atoms with Crippen LogP contribution in [0.25, 0.3) is 11.3 Å². The van der Waals surface area contributed by atoms with Crippen LogP contribution >= 0.6 is 0 Å². The average Bonchev–Trinajstić information content (AvgIpc) is 3.19. The Balaban J connectivity index is 1.40. The van der Waals surface area contributed by atoms with Gasteiger partial charge in [0.25, 0.3) is 5.91 Å². The lowest BCUT2D eigenvalue weighted by Crippen LogP contribution is -2.35. The van der Waals surface area contributed by atoms with Gasteiger partial charge in [-0.3, -0.25) is 14.5 Å². The van der Waals surface area contributed by atoms with E-state index in [1.165, 1.54) is 16.4 Å². The highest BCUT2D eigenvalue weighted by molar-refractivity contribution is 7.89. The third kappa shape index (κ3) is 4.67.